The zero-order valence-corrected chi connectivity index (χ0v) is 28.6. The molecule has 0 unspecified atom stereocenters. The molecule has 0 saturated heterocycles. The van der Waals surface area contributed by atoms with E-state index in [0.29, 0.717) is 36.8 Å². The standard InChI is InChI=1S/C37H49FN4O6/c1-25-21-42(26(2)24-43)36(44)33-20-31(40-37(45)39-30-13-11-29(38)12-14-30)15-18-34(33)48-27(3)8-6-7-19-47-35(25)23-41(4)22-28-9-16-32(46-5)17-10-28/h9-18,20,25-27,35,43H,6-8,19,21-24H2,1-5H3,(H2,39,40,45)/t25-,26-,27-,35+/m0/s1. The highest BCUT2D eigenvalue weighted by Gasteiger charge is 2.30. The monoisotopic (exact) mass is 664 g/mol. The number of hydrogen-bond acceptors (Lipinski definition) is 7. The number of anilines is 2. The SMILES string of the molecule is COc1ccc(CN(C)C[C@H]2OCCCC[C@H](C)Oc3ccc(NC(=O)Nc4ccc(F)cc4)cc3C(=O)N([C@@H](C)CO)C[C@@H]2C)cc1. The van der Waals surface area contributed by atoms with Gasteiger partial charge in [-0.25, -0.2) is 9.18 Å². The van der Waals surface area contributed by atoms with Gasteiger partial charge in [-0.3, -0.25) is 9.69 Å². The van der Waals surface area contributed by atoms with E-state index in [2.05, 4.69) is 29.5 Å². The van der Waals surface area contributed by atoms with Crippen LogP contribution in [0.3, 0.4) is 0 Å². The Morgan fingerprint density at radius 2 is 1.75 bits per heavy atom. The van der Waals surface area contributed by atoms with Crippen LogP contribution in [0.5, 0.6) is 11.5 Å². The van der Waals surface area contributed by atoms with Crippen LogP contribution in [0.15, 0.2) is 66.7 Å². The van der Waals surface area contributed by atoms with Crippen LogP contribution in [-0.2, 0) is 11.3 Å². The van der Waals surface area contributed by atoms with Crippen molar-refractivity contribution in [2.24, 2.45) is 5.92 Å². The lowest BCUT2D eigenvalue weighted by atomic mass is 10.0. The van der Waals surface area contributed by atoms with Crippen molar-refractivity contribution in [1.82, 2.24) is 9.80 Å². The fraction of sp³-hybridized carbons (Fsp3) is 0.459. The number of benzene rings is 3. The Balaban J connectivity index is 1.57. The molecule has 3 amide bonds. The number of hydrogen-bond donors (Lipinski definition) is 3. The van der Waals surface area contributed by atoms with Crippen LogP contribution < -0.4 is 20.1 Å². The van der Waals surface area contributed by atoms with Gasteiger partial charge in [-0.2, -0.15) is 0 Å². The van der Waals surface area contributed by atoms with Crippen LogP contribution in [0, 0.1) is 11.7 Å². The second-order valence-corrected chi connectivity index (χ2v) is 12.6. The highest BCUT2D eigenvalue weighted by Crippen LogP contribution is 2.29. The third kappa shape index (κ3) is 10.7. The third-order valence-electron chi connectivity index (χ3n) is 8.51. The van der Waals surface area contributed by atoms with Crippen molar-refractivity contribution in [3.05, 3.63) is 83.7 Å². The lowest BCUT2D eigenvalue weighted by Crippen LogP contribution is -2.47. The fourth-order valence-electron chi connectivity index (χ4n) is 5.70. The number of halogens is 1. The Kier molecular flexibility index (Phi) is 13.6. The molecule has 260 valence electrons. The maximum absolute atomic E-state index is 14.4. The van der Waals surface area contributed by atoms with Crippen LogP contribution in [0.4, 0.5) is 20.6 Å². The van der Waals surface area contributed by atoms with Gasteiger partial charge in [0.15, 0.2) is 0 Å². The molecule has 0 spiro atoms. The lowest BCUT2D eigenvalue weighted by Gasteiger charge is -2.36. The number of amides is 3. The number of aliphatic hydroxyl groups is 1. The number of ether oxygens (including phenoxy) is 3. The molecule has 3 N–H and O–H groups in total. The first-order valence-electron chi connectivity index (χ1n) is 16.6. The van der Waals surface area contributed by atoms with E-state index in [4.69, 9.17) is 14.2 Å². The molecule has 0 aliphatic carbocycles. The molecule has 0 saturated carbocycles. The molecular weight excluding hydrogens is 615 g/mol. The summed E-state index contributed by atoms with van der Waals surface area (Å²) in [6.45, 7) is 7.91. The second-order valence-electron chi connectivity index (χ2n) is 12.6. The topological polar surface area (TPSA) is 113 Å². The van der Waals surface area contributed by atoms with E-state index in [0.717, 1.165) is 37.1 Å². The number of carbonyl (C=O) groups is 2. The molecule has 3 aromatic rings. The van der Waals surface area contributed by atoms with E-state index in [1.165, 1.54) is 24.3 Å². The first-order valence-corrected chi connectivity index (χ1v) is 16.6. The number of fused-ring (bicyclic) bond motifs is 1. The van der Waals surface area contributed by atoms with Gasteiger partial charge in [-0.1, -0.05) is 19.1 Å². The van der Waals surface area contributed by atoms with Crippen molar-refractivity contribution in [2.45, 2.75) is 64.8 Å². The Morgan fingerprint density at radius 1 is 1.06 bits per heavy atom. The summed E-state index contributed by atoms with van der Waals surface area (Å²) in [6, 6.07) is 17.3. The number of nitrogens with zero attached hydrogens (tertiary/aromatic N) is 2. The molecule has 10 nitrogen and oxygen atoms in total. The summed E-state index contributed by atoms with van der Waals surface area (Å²) in [6.07, 6.45) is 2.19. The van der Waals surface area contributed by atoms with Gasteiger partial charge in [0.1, 0.15) is 17.3 Å². The Hall–Kier alpha value is -4.19. The molecule has 0 bridgehead atoms. The van der Waals surface area contributed by atoms with Gasteiger partial charge < -0.3 is 34.9 Å². The molecule has 1 aliphatic heterocycles. The van der Waals surface area contributed by atoms with E-state index in [9.17, 15) is 19.1 Å². The van der Waals surface area contributed by atoms with Gasteiger partial charge in [0.25, 0.3) is 5.91 Å². The summed E-state index contributed by atoms with van der Waals surface area (Å²) in [5, 5.41) is 15.7. The molecule has 1 aliphatic rings. The van der Waals surface area contributed by atoms with Crippen molar-refractivity contribution in [1.29, 1.82) is 0 Å². The molecule has 1 heterocycles. The van der Waals surface area contributed by atoms with Crippen molar-refractivity contribution >= 4 is 23.3 Å². The number of urea groups is 1. The Labute approximate surface area is 283 Å². The lowest BCUT2D eigenvalue weighted by molar-refractivity contribution is -0.0177. The molecule has 4 atom stereocenters. The van der Waals surface area contributed by atoms with Crippen LogP contribution in [0.25, 0.3) is 0 Å². The number of nitrogens with one attached hydrogen (secondary N) is 2. The van der Waals surface area contributed by atoms with E-state index in [1.807, 2.05) is 31.2 Å². The maximum Gasteiger partial charge on any atom is 0.323 e. The molecule has 3 aromatic carbocycles. The van der Waals surface area contributed by atoms with Gasteiger partial charge in [-0.15, -0.1) is 0 Å². The summed E-state index contributed by atoms with van der Waals surface area (Å²) in [5.74, 6) is 0.411. The highest BCUT2D eigenvalue weighted by atomic mass is 19.1. The summed E-state index contributed by atoms with van der Waals surface area (Å²) in [7, 11) is 3.71. The largest absolute Gasteiger partial charge is 0.497 e. The number of methoxy groups -OCH3 is 1. The van der Waals surface area contributed by atoms with Crippen LogP contribution in [0.1, 0.15) is 56.0 Å². The number of aliphatic hydroxyl groups excluding tert-OH is 1. The van der Waals surface area contributed by atoms with E-state index >= 15 is 0 Å². The minimum atomic E-state index is -0.544. The molecule has 0 radical (unpaired) electrons. The Bertz CT molecular complexity index is 1470. The summed E-state index contributed by atoms with van der Waals surface area (Å²) < 4.78 is 31.4. The van der Waals surface area contributed by atoms with Gasteiger partial charge in [0, 0.05) is 43.5 Å². The van der Waals surface area contributed by atoms with Gasteiger partial charge in [0.2, 0.25) is 0 Å². The van der Waals surface area contributed by atoms with Crippen LogP contribution >= 0.6 is 0 Å². The summed E-state index contributed by atoms with van der Waals surface area (Å²) in [5.41, 5.74) is 2.23. The van der Waals surface area contributed by atoms with E-state index in [1.54, 1.807) is 37.1 Å². The first kappa shape index (κ1) is 36.6. The zero-order chi connectivity index (χ0) is 34.6. The number of rotatable bonds is 9. The molecule has 4 rings (SSSR count). The number of likely N-dealkylation sites (N-methyl/N-ethyl adjacent to an activating group) is 1. The van der Waals surface area contributed by atoms with Crippen molar-refractivity contribution < 1.29 is 33.3 Å². The fourth-order valence-corrected chi connectivity index (χ4v) is 5.70. The quantitative estimate of drug-likeness (QED) is 0.243. The van der Waals surface area contributed by atoms with Gasteiger partial charge in [0.05, 0.1) is 37.5 Å². The molecule has 11 heteroatoms. The zero-order valence-electron chi connectivity index (χ0n) is 28.6. The average molecular weight is 665 g/mol. The van der Waals surface area contributed by atoms with Crippen molar-refractivity contribution in [3.63, 3.8) is 0 Å². The molecular formula is C37H49FN4O6. The third-order valence-corrected chi connectivity index (χ3v) is 8.51. The van der Waals surface area contributed by atoms with Crippen molar-refractivity contribution in [3.8, 4) is 11.5 Å². The second kappa shape index (κ2) is 17.8. The van der Waals surface area contributed by atoms with Crippen LogP contribution in [0.2, 0.25) is 0 Å². The van der Waals surface area contributed by atoms with Crippen LogP contribution in [-0.4, -0.2) is 85.6 Å². The van der Waals surface area contributed by atoms with E-state index in [-0.39, 0.29) is 36.2 Å². The van der Waals surface area contributed by atoms with Crippen molar-refractivity contribution in [2.75, 3.05) is 51.1 Å². The highest BCUT2D eigenvalue weighted by molar-refractivity contribution is 6.02. The average Bonchev–Trinajstić information content (AvgIpc) is 3.07. The normalized spacial score (nSPS) is 19.9. The van der Waals surface area contributed by atoms with Gasteiger partial charge >= 0.3 is 6.03 Å². The predicted molar refractivity (Wildman–Crippen MR) is 185 cm³/mol. The van der Waals surface area contributed by atoms with Gasteiger partial charge in [-0.05, 0) is 100 Å². The first-order chi connectivity index (χ1) is 23.1. The smallest absolute Gasteiger partial charge is 0.323 e. The maximum atomic E-state index is 14.4. The minimum Gasteiger partial charge on any atom is -0.497 e. The molecule has 48 heavy (non-hydrogen) atoms. The molecule has 0 fully saturated rings. The number of carbonyl (C=O) groups excluding carboxylic acids is 2. The molecule has 0 aromatic heterocycles. The Morgan fingerprint density at radius 3 is 2.44 bits per heavy atom. The van der Waals surface area contributed by atoms with E-state index < -0.39 is 17.9 Å². The minimum absolute atomic E-state index is 0.0738. The summed E-state index contributed by atoms with van der Waals surface area (Å²) in [4.78, 5) is 31.0. The summed E-state index contributed by atoms with van der Waals surface area (Å²) >= 11 is 0. The predicted octanol–water partition coefficient (Wildman–Crippen LogP) is 6.41.